The van der Waals surface area contributed by atoms with Gasteiger partial charge in [0.25, 0.3) is 11.8 Å². The Hall–Kier alpha value is -4.62. The van der Waals surface area contributed by atoms with Gasteiger partial charge in [0, 0.05) is 32.4 Å². The van der Waals surface area contributed by atoms with E-state index in [-0.39, 0.29) is 69.1 Å². The number of hydrogen-bond acceptors (Lipinski definition) is 10. The van der Waals surface area contributed by atoms with E-state index in [0.717, 1.165) is 11.1 Å². The van der Waals surface area contributed by atoms with Gasteiger partial charge < -0.3 is 39.0 Å². The molecule has 4 heterocycles. The lowest BCUT2D eigenvalue weighted by molar-refractivity contribution is -0.151. The van der Waals surface area contributed by atoms with Crippen molar-refractivity contribution in [1.82, 2.24) is 19.8 Å². The number of rotatable bonds is 14. The third kappa shape index (κ3) is 7.43. The number of amides is 2. The highest BCUT2D eigenvalue weighted by molar-refractivity contribution is 5.85. The average molecular weight is 601 g/mol. The summed E-state index contributed by atoms with van der Waals surface area (Å²) in [5.74, 6) is -1.17. The second-order valence-electron chi connectivity index (χ2n) is 11.0. The minimum absolute atomic E-state index is 0.0742. The van der Waals surface area contributed by atoms with Crippen molar-refractivity contribution in [2.75, 3.05) is 27.4 Å². The number of carboxylic acid groups (broad SMARTS) is 2. The van der Waals surface area contributed by atoms with E-state index in [1.54, 1.807) is 21.9 Å². The van der Waals surface area contributed by atoms with Crippen LogP contribution in [0.1, 0.15) is 62.0 Å². The average Bonchev–Trinajstić information content (AvgIpc) is 3.58. The van der Waals surface area contributed by atoms with Crippen LogP contribution in [0.3, 0.4) is 0 Å². The Balaban J connectivity index is 1.30. The number of hydrogen-bond donors (Lipinski definition) is 2. The lowest BCUT2D eigenvalue weighted by Crippen LogP contribution is -2.34. The summed E-state index contributed by atoms with van der Waals surface area (Å²) in [6, 6.07) is 3.55. The van der Waals surface area contributed by atoms with Gasteiger partial charge in [-0.2, -0.15) is 0 Å². The molecule has 14 heteroatoms. The lowest BCUT2D eigenvalue weighted by atomic mass is 9.89. The maximum atomic E-state index is 12.7. The molecule has 232 valence electrons. The van der Waals surface area contributed by atoms with E-state index < -0.39 is 17.4 Å². The van der Waals surface area contributed by atoms with E-state index in [0.29, 0.717) is 42.4 Å². The van der Waals surface area contributed by atoms with Crippen molar-refractivity contribution in [1.29, 1.82) is 0 Å². The van der Waals surface area contributed by atoms with Gasteiger partial charge in [0.15, 0.2) is 11.5 Å². The van der Waals surface area contributed by atoms with Crippen molar-refractivity contribution in [3.05, 3.63) is 34.6 Å². The molecule has 0 saturated heterocycles. The Bertz CT molecular complexity index is 1410. The van der Waals surface area contributed by atoms with Crippen LogP contribution in [0.25, 0.3) is 0 Å². The molecule has 2 amide bonds. The first-order valence-electron chi connectivity index (χ1n) is 13.8. The fourth-order valence-corrected chi connectivity index (χ4v) is 4.72. The van der Waals surface area contributed by atoms with Crippen molar-refractivity contribution in [2.24, 2.45) is 5.41 Å². The van der Waals surface area contributed by atoms with Crippen LogP contribution in [0.15, 0.2) is 12.1 Å². The maximum Gasteiger partial charge on any atom is 0.309 e. The van der Waals surface area contributed by atoms with Crippen molar-refractivity contribution < 1.29 is 48.3 Å². The van der Waals surface area contributed by atoms with E-state index in [2.05, 4.69) is 9.97 Å². The summed E-state index contributed by atoms with van der Waals surface area (Å²) in [5.41, 5.74) is 1.79. The van der Waals surface area contributed by atoms with E-state index >= 15 is 0 Å². The number of aromatic nitrogens is 2. The molecule has 14 nitrogen and oxygen atoms in total. The predicted octanol–water partition coefficient (Wildman–Crippen LogP) is 2.39. The molecule has 0 atom stereocenters. The molecule has 0 radical (unpaired) electrons. The fourth-order valence-electron chi connectivity index (χ4n) is 4.72. The second-order valence-corrected chi connectivity index (χ2v) is 11.0. The zero-order chi connectivity index (χ0) is 31.3. The van der Waals surface area contributed by atoms with Crippen LogP contribution in [-0.4, -0.2) is 81.2 Å². The summed E-state index contributed by atoms with van der Waals surface area (Å²) in [5, 5.41) is 18.2. The number of fused-ring (bicyclic) bond motifs is 2. The number of carbonyl (C=O) groups is 4. The van der Waals surface area contributed by atoms with Crippen LogP contribution in [-0.2, 0) is 45.4 Å². The predicted molar refractivity (Wildman–Crippen MR) is 149 cm³/mol. The molecule has 2 aromatic heterocycles. The largest absolute Gasteiger partial charge is 0.491 e. The highest BCUT2D eigenvalue weighted by atomic mass is 16.5. The van der Waals surface area contributed by atoms with Gasteiger partial charge in [0.1, 0.15) is 0 Å². The zero-order valence-electron chi connectivity index (χ0n) is 24.7. The van der Waals surface area contributed by atoms with E-state index in [9.17, 15) is 24.3 Å². The number of pyridine rings is 2. The van der Waals surface area contributed by atoms with Crippen molar-refractivity contribution >= 4 is 23.8 Å². The first kappa shape index (κ1) is 31.3. The molecule has 0 aliphatic carbocycles. The molecule has 0 saturated carbocycles. The third-order valence-electron chi connectivity index (χ3n) is 7.29. The summed E-state index contributed by atoms with van der Waals surface area (Å²) in [6.45, 7) is 4.69. The number of carbonyl (C=O) groups excluding carboxylic acids is 2. The summed E-state index contributed by atoms with van der Waals surface area (Å²) in [7, 11) is 3.00. The molecule has 4 rings (SSSR count). The van der Waals surface area contributed by atoms with Gasteiger partial charge in [0.05, 0.1) is 63.7 Å². The second kappa shape index (κ2) is 13.1. The fraction of sp³-hybridized carbons (Fsp3) is 0.517. The van der Waals surface area contributed by atoms with Gasteiger partial charge in [-0.25, -0.2) is 9.97 Å². The molecule has 0 spiro atoms. The minimum Gasteiger partial charge on any atom is -0.491 e. The van der Waals surface area contributed by atoms with E-state index in [4.69, 9.17) is 24.1 Å². The van der Waals surface area contributed by atoms with Crippen LogP contribution in [0.4, 0.5) is 0 Å². The van der Waals surface area contributed by atoms with Gasteiger partial charge in [0.2, 0.25) is 11.8 Å². The monoisotopic (exact) mass is 600 g/mol. The molecule has 2 aliphatic rings. The Morgan fingerprint density at radius 3 is 1.72 bits per heavy atom. The maximum absolute atomic E-state index is 12.7. The molecule has 2 aromatic rings. The summed E-state index contributed by atoms with van der Waals surface area (Å²) >= 11 is 0. The quantitative estimate of drug-likeness (QED) is 0.303. The van der Waals surface area contributed by atoms with Gasteiger partial charge in [-0.15, -0.1) is 0 Å². The van der Waals surface area contributed by atoms with Crippen LogP contribution in [0.5, 0.6) is 23.3 Å². The molecule has 0 unspecified atom stereocenters. The number of carboxylic acids is 2. The number of methoxy groups -OCH3 is 2. The highest BCUT2D eigenvalue weighted by Crippen LogP contribution is 2.34. The van der Waals surface area contributed by atoms with Crippen LogP contribution in [0.2, 0.25) is 0 Å². The Morgan fingerprint density at radius 1 is 0.791 bits per heavy atom. The van der Waals surface area contributed by atoms with Crippen molar-refractivity contribution in [3.63, 3.8) is 0 Å². The van der Waals surface area contributed by atoms with Gasteiger partial charge >= 0.3 is 11.9 Å². The lowest BCUT2D eigenvalue weighted by Gasteiger charge is -2.22. The number of nitrogens with zero attached hydrogens (tertiary/aromatic N) is 4. The van der Waals surface area contributed by atoms with Crippen LogP contribution >= 0.6 is 0 Å². The summed E-state index contributed by atoms with van der Waals surface area (Å²) in [4.78, 5) is 59.5. The van der Waals surface area contributed by atoms with E-state index in [1.807, 2.05) is 0 Å². The number of ether oxygens (including phenoxy) is 4. The molecule has 0 aromatic carbocycles. The van der Waals surface area contributed by atoms with Gasteiger partial charge in [-0.1, -0.05) is 0 Å². The zero-order valence-corrected chi connectivity index (χ0v) is 24.7. The normalized spacial score (nSPS) is 13.8. The van der Waals surface area contributed by atoms with Crippen LogP contribution in [0, 0.1) is 5.41 Å². The number of aliphatic carboxylic acids is 2. The molecular weight excluding hydrogens is 564 g/mol. The molecule has 2 aliphatic heterocycles. The van der Waals surface area contributed by atoms with Crippen molar-refractivity contribution in [3.8, 4) is 23.3 Å². The topological polar surface area (TPSA) is 178 Å². The molecular formula is C29H36N4O10. The summed E-state index contributed by atoms with van der Waals surface area (Å²) in [6.07, 6.45) is 0.0501. The SMILES string of the molecule is COc1cc2c(nc1OCCCOc1nc3c(cc1OC)CN(C(=O)CC(C)(C)C(=O)O)C3)CN(C(=O)CCC(=O)O)C2. The molecule has 2 N–H and O–H groups in total. The first-order chi connectivity index (χ1) is 20.4. The van der Waals surface area contributed by atoms with Gasteiger partial charge in [-0.3, -0.25) is 19.2 Å². The van der Waals surface area contributed by atoms with Gasteiger partial charge in [-0.05, 0) is 37.1 Å². The molecule has 0 fully saturated rings. The van der Waals surface area contributed by atoms with Crippen molar-refractivity contribution in [2.45, 2.75) is 65.7 Å². The Morgan fingerprint density at radius 2 is 1.28 bits per heavy atom. The highest BCUT2D eigenvalue weighted by Gasteiger charge is 2.35. The summed E-state index contributed by atoms with van der Waals surface area (Å²) < 4.78 is 22.6. The minimum atomic E-state index is -1.17. The standard InChI is InChI=1S/C29H36N4O10/c1-29(2,28(38)39)12-24(35)33-14-18-11-22(41-4)27(31-20(18)16-33)43-9-5-8-42-26-21(40-3)10-17-13-32(15-19(17)30-26)23(34)6-7-25(36)37/h10-11H,5-9,12-16H2,1-4H3,(H,36,37)(H,38,39). The van der Waals surface area contributed by atoms with E-state index in [1.165, 1.54) is 28.1 Å². The van der Waals surface area contributed by atoms with Crippen LogP contribution < -0.4 is 18.9 Å². The third-order valence-corrected chi connectivity index (χ3v) is 7.29. The Labute approximate surface area is 248 Å². The Kier molecular flexibility index (Phi) is 9.56. The molecule has 0 bridgehead atoms. The molecule has 43 heavy (non-hydrogen) atoms. The smallest absolute Gasteiger partial charge is 0.309 e. The first-order valence-corrected chi connectivity index (χ1v) is 13.8.